The Kier molecular flexibility index (Phi) is 5.48. The van der Waals surface area contributed by atoms with Gasteiger partial charge >= 0.3 is 0 Å². The summed E-state index contributed by atoms with van der Waals surface area (Å²) in [6.07, 6.45) is 0. The summed E-state index contributed by atoms with van der Waals surface area (Å²) in [7, 11) is 3.35. The second-order valence-corrected chi connectivity index (χ2v) is 5.24. The molecule has 0 aliphatic heterocycles. The highest BCUT2D eigenvalue weighted by Gasteiger charge is 2.11. The number of ether oxygens (including phenoxy) is 2. The monoisotopic (exact) mass is 305 g/mol. The van der Waals surface area contributed by atoms with E-state index in [1.165, 1.54) is 0 Å². The molecule has 0 aliphatic carbocycles. The zero-order chi connectivity index (χ0) is 15.2. The molecule has 112 valence electrons. The average Bonchev–Trinajstić information content (AvgIpc) is 2.52. The van der Waals surface area contributed by atoms with Crippen molar-refractivity contribution < 1.29 is 9.47 Å². The van der Waals surface area contributed by atoms with E-state index in [2.05, 4.69) is 18.3 Å². The molecule has 1 atom stereocenters. The Morgan fingerprint density at radius 3 is 2.48 bits per heavy atom. The summed E-state index contributed by atoms with van der Waals surface area (Å²) in [4.78, 5) is 0. The van der Waals surface area contributed by atoms with E-state index in [-0.39, 0.29) is 6.04 Å². The fourth-order valence-corrected chi connectivity index (χ4v) is 2.48. The molecule has 2 aromatic rings. The fraction of sp³-hybridized carbons (Fsp3) is 0.294. The average molecular weight is 306 g/mol. The van der Waals surface area contributed by atoms with Crippen LogP contribution in [0.4, 0.5) is 0 Å². The second-order valence-electron chi connectivity index (χ2n) is 4.80. The normalized spacial score (nSPS) is 12.0. The van der Waals surface area contributed by atoms with E-state index in [1.54, 1.807) is 14.2 Å². The topological polar surface area (TPSA) is 30.5 Å². The molecule has 2 aromatic carbocycles. The number of hydrogen-bond acceptors (Lipinski definition) is 3. The van der Waals surface area contributed by atoms with E-state index in [9.17, 15) is 0 Å². The zero-order valence-corrected chi connectivity index (χ0v) is 13.3. The van der Waals surface area contributed by atoms with Crippen LogP contribution in [-0.2, 0) is 6.54 Å². The largest absolute Gasteiger partial charge is 0.496 e. The third kappa shape index (κ3) is 3.90. The zero-order valence-electron chi connectivity index (χ0n) is 12.5. The first-order valence-corrected chi connectivity index (χ1v) is 7.22. The molecule has 0 saturated carbocycles. The molecule has 0 heterocycles. The van der Waals surface area contributed by atoms with E-state index in [4.69, 9.17) is 21.1 Å². The minimum Gasteiger partial charge on any atom is -0.496 e. The van der Waals surface area contributed by atoms with Crippen molar-refractivity contribution in [1.82, 2.24) is 5.32 Å². The number of rotatable bonds is 6. The molecule has 0 aliphatic rings. The molecule has 2 rings (SSSR count). The smallest absolute Gasteiger partial charge is 0.123 e. The lowest BCUT2D eigenvalue weighted by Gasteiger charge is -2.18. The maximum absolute atomic E-state index is 6.05. The molecular weight excluding hydrogens is 286 g/mol. The van der Waals surface area contributed by atoms with Crippen LogP contribution in [0, 0.1) is 0 Å². The van der Waals surface area contributed by atoms with Crippen LogP contribution in [0.5, 0.6) is 11.5 Å². The molecule has 0 bridgehead atoms. The Morgan fingerprint density at radius 2 is 1.76 bits per heavy atom. The molecule has 0 spiro atoms. The first kappa shape index (κ1) is 15.7. The van der Waals surface area contributed by atoms with Gasteiger partial charge in [-0.2, -0.15) is 0 Å². The predicted molar refractivity (Wildman–Crippen MR) is 86.3 cm³/mol. The molecule has 0 unspecified atom stereocenters. The second kappa shape index (κ2) is 7.34. The van der Waals surface area contributed by atoms with E-state index < -0.39 is 0 Å². The van der Waals surface area contributed by atoms with Crippen molar-refractivity contribution in [3.63, 3.8) is 0 Å². The lowest BCUT2D eigenvalue weighted by atomic mass is 10.1. The summed E-state index contributed by atoms with van der Waals surface area (Å²) in [5.41, 5.74) is 2.16. The number of halogens is 1. The van der Waals surface area contributed by atoms with E-state index in [1.807, 2.05) is 36.4 Å². The van der Waals surface area contributed by atoms with Gasteiger partial charge in [0.2, 0.25) is 0 Å². The van der Waals surface area contributed by atoms with Gasteiger partial charge in [0, 0.05) is 28.7 Å². The summed E-state index contributed by atoms with van der Waals surface area (Å²) in [6.45, 7) is 2.78. The number of methoxy groups -OCH3 is 2. The first-order chi connectivity index (χ1) is 10.2. The SMILES string of the molecule is COc1ccc(Cl)cc1CN[C@@H](C)c1ccccc1OC. The van der Waals surface area contributed by atoms with Crippen molar-refractivity contribution in [2.75, 3.05) is 14.2 Å². The van der Waals surface area contributed by atoms with Gasteiger partial charge in [-0.1, -0.05) is 29.8 Å². The summed E-state index contributed by atoms with van der Waals surface area (Å²) < 4.78 is 10.8. The predicted octanol–water partition coefficient (Wildman–Crippen LogP) is 4.21. The van der Waals surface area contributed by atoms with E-state index in [0.717, 1.165) is 22.6 Å². The van der Waals surface area contributed by atoms with Crippen molar-refractivity contribution in [3.8, 4) is 11.5 Å². The highest BCUT2D eigenvalue weighted by Crippen LogP contribution is 2.26. The third-order valence-corrected chi connectivity index (χ3v) is 3.68. The minimum atomic E-state index is 0.157. The quantitative estimate of drug-likeness (QED) is 0.867. The van der Waals surface area contributed by atoms with Gasteiger partial charge in [0.05, 0.1) is 14.2 Å². The molecule has 0 radical (unpaired) electrons. The summed E-state index contributed by atoms with van der Waals surface area (Å²) in [5.74, 6) is 1.72. The van der Waals surface area contributed by atoms with Gasteiger partial charge in [-0.05, 0) is 31.2 Å². The van der Waals surface area contributed by atoms with Gasteiger partial charge in [-0.25, -0.2) is 0 Å². The molecule has 3 nitrogen and oxygen atoms in total. The van der Waals surface area contributed by atoms with Crippen LogP contribution in [0.1, 0.15) is 24.1 Å². The van der Waals surface area contributed by atoms with Crippen molar-refractivity contribution in [1.29, 1.82) is 0 Å². The molecule has 21 heavy (non-hydrogen) atoms. The molecule has 0 amide bonds. The number of nitrogens with one attached hydrogen (secondary N) is 1. The van der Waals surface area contributed by atoms with Crippen LogP contribution in [0.15, 0.2) is 42.5 Å². The van der Waals surface area contributed by atoms with Crippen LogP contribution in [0.25, 0.3) is 0 Å². The van der Waals surface area contributed by atoms with E-state index >= 15 is 0 Å². The molecule has 0 aromatic heterocycles. The van der Waals surface area contributed by atoms with Crippen LogP contribution < -0.4 is 14.8 Å². The Hall–Kier alpha value is -1.71. The Labute approximate surface area is 130 Å². The highest BCUT2D eigenvalue weighted by molar-refractivity contribution is 6.30. The third-order valence-electron chi connectivity index (χ3n) is 3.45. The van der Waals surface area contributed by atoms with Crippen molar-refractivity contribution in [2.24, 2.45) is 0 Å². The summed E-state index contributed by atoms with van der Waals surface area (Å²) in [6, 6.07) is 13.8. The Bertz CT molecular complexity index is 601. The molecule has 0 saturated heterocycles. The van der Waals surface area contributed by atoms with Gasteiger partial charge < -0.3 is 14.8 Å². The minimum absolute atomic E-state index is 0.157. The van der Waals surface area contributed by atoms with Crippen LogP contribution >= 0.6 is 11.6 Å². The van der Waals surface area contributed by atoms with E-state index in [0.29, 0.717) is 11.6 Å². The lowest BCUT2D eigenvalue weighted by Crippen LogP contribution is -2.19. The first-order valence-electron chi connectivity index (χ1n) is 6.84. The van der Waals surface area contributed by atoms with Crippen molar-refractivity contribution in [2.45, 2.75) is 19.5 Å². The summed E-state index contributed by atoms with van der Waals surface area (Å²) in [5, 5.41) is 4.18. The number of benzene rings is 2. The van der Waals surface area contributed by atoms with Gasteiger partial charge in [-0.3, -0.25) is 0 Å². The van der Waals surface area contributed by atoms with Crippen LogP contribution in [0.2, 0.25) is 5.02 Å². The maximum Gasteiger partial charge on any atom is 0.123 e. The Balaban J connectivity index is 2.11. The number of para-hydroxylation sites is 1. The van der Waals surface area contributed by atoms with Gasteiger partial charge in [-0.15, -0.1) is 0 Å². The van der Waals surface area contributed by atoms with Crippen molar-refractivity contribution >= 4 is 11.6 Å². The Morgan fingerprint density at radius 1 is 1.05 bits per heavy atom. The molecule has 0 fully saturated rings. The van der Waals surface area contributed by atoms with Gasteiger partial charge in [0.1, 0.15) is 11.5 Å². The van der Waals surface area contributed by atoms with Gasteiger partial charge in [0.25, 0.3) is 0 Å². The van der Waals surface area contributed by atoms with Gasteiger partial charge in [0.15, 0.2) is 0 Å². The lowest BCUT2D eigenvalue weighted by molar-refractivity contribution is 0.397. The molecule has 4 heteroatoms. The van der Waals surface area contributed by atoms with Crippen LogP contribution in [0.3, 0.4) is 0 Å². The highest BCUT2D eigenvalue weighted by atomic mass is 35.5. The standard InChI is InChI=1S/C17H20ClNO2/c1-12(15-6-4-5-7-17(15)21-3)19-11-13-10-14(18)8-9-16(13)20-2/h4-10,12,19H,11H2,1-3H3/t12-/m0/s1. The molecular formula is C17H20ClNO2. The fourth-order valence-electron chi connectivity index (χ4n) is 2.28. The maximum atomic E-state index is 6.05. The van der Waals surface area contributed by atoms with Crippen LogP contribution in [-0.4, -0.2) is 14.2 Å². The molecule has 1 N–H and O–H groups in total. The summed E-state index contributed by atoms with van der Waals surface area (Å²) >= 11 is 6.05. The number of hydrogen-bond donors (Lipinski definition) is 1. The van der Waals surface area contributed by atoms with Crippen molar-refractivity contribution in [3.05, 3.63) is 58.6 Å².